The molecule has 0 aliphatic rings. The van der Waals surface area contributed by atoms with Gasteiger partial charge in [0, 0.05) is 10.2 Å². The van der Waals surface area contributed by atoms with Crippen LogP contribution in [0.3, 0.4) is 0 Å². The fraction of sp³-hybridized carbons (Fsp3) is 0.818. The highest BCUT2D eigenvalue weighted by molar-refractivity contribution is 6.22. The molecular formula is C11H24Si. The Morgan fingerprint density at radius 2 is 1.25 bits per heavy atom. The zero-order chi connectivity index (χ0) is 9.40. The SMILES string of the molecule is CCCC([SiH3])=C(CCC)CCC. The highest BCUT2D eigenvalue weighted by atomic mass is 28.1. The van der Waals surface area contributed by atoms with Gasteiger partial charge in [-0.3, -0.25) is 0 Å². The minimum absolute atomic E-state index is 1.29. The van der Waals surface area contributed by atoms with Crippen LogP contribution in [-0.4, -0.2) is 10.2 Å². The minimum atomic E-state index is 1.29. The summed E-state index contributed by atoms with van der Waals surface area (Å²) in [5.74, 6) is 0. The first-order chi connectivity index (χ1) is 5.76. The topological polar surface area (TPSA) is 0 Å². The number of hydrogen-bond donors (Lipinski definition) is 0. The molecule has 0 aromatic rings. The Bertz CT molecular complexity index is 128. The highest BCUT2D eigenvalue weighted by Crippen LogP contribution is 2.18. The molecule has 0 bridgehead atoms. The number of allylic oxidation sites excluding steroid dienone is 2. The van der Waals surface area contributed by atoms with Gasteiger partial charge in [-0.2, -0.15) is 0 Å². The smallest absolute Gasteiger partial charge is 0.0332 e. The average Bonchev–Trinajstić information content (AvgIpc) is 2.04. The van der Waals surface area contributed by atoms with Crippen LogP contribution < -0.4 is 0 Å². The molecule has 72 valence electrons. The molecule has 0 unspecified atom stereocenters. The molecular weight excluding hydrogens is 160 g/mol. The lowest BCUT2D eigenvalue weighted by atomic mass is 10.0. The van der Waals surface area contributed by atoms with Crippen molar-refractivity contribution in [2.24, 2.45) is 0 Å². The summed E-state index contributed by atoms with van der Waals surface area (Å²) >= 11 is 0. The van der Waals surface area contributed by atoms with Crippen LogP contribution in [0.25, 0.3) is 0 Å². The normalized spacial score (nSPS) is 10.2. The van der Waals surface area contributed by atoms with E-state index in [9.17, 15) is 0 Å². The Morgan fingerprint density at radius 3 is 1.58 bits per heavy atom. The molecule has 0 amide bonds. The third kappa shape index (κ3) is 4.76. The van der Waals surface area contributed by atoms with E-state index in [-0.39, 0.29) is 0 Å². The molecule has 0 fully saturated rings. The lowest BCUT2D eigenvalue weighted by Gasteiger charge is -2.09. The van der Waals surface area contributed by atoms with Crippen molar-refractivity contribution in [1.29, 1.82) is 0 Å². The van der Waals surface area contributed by atoms with Crippen LogP contribution in [0.15, 0.2) is 10.8 Å². The molecule has 0 aromatic carbocycles. The van der Waals surface area contributed by atoms with Crippen molar-refractivity contribution in [2.75, 3.05) is 0 Å². The van der Waals surface area contributed by atoms with Gasteiger partial charge < -0.3 is 0 Å². The van der Waals surface area contributed by atoms with Crippen molar-refractivity contribution in [3.05, 3.63) is 10.8 Å². The second-order valence-corrected chi connectivity index (χ2v) is 4.84. The van der Waals surface area contributed by atoms with Gasteiger partial charge in [-0.25, -0.2) is 0 Å². The van der Waals surface area contributed by atoms with E-state index < -0.39 is 0 Å². The first-order valence-electron chi connectivity index (χ1n) is 5.43. The van der Waals surface area contributed by atoms with Crippen molar-refractivity contribution < 1.29 is 0 Å². The summed E-state index contributed by atoms with van der Waals surface area (Å²) in [6.07, 6.45) is 8.05. The Hall–Kier alpha value is -0.0431. The quantitative estimate of drug-likeness (QED) is 0.557. The maximum Gasteiger partial charge on any atom is 0.0332 e. The Kier molecular flexibility index (Phi) is 7.57. The van der Waals surface area contributed by atoms with Crippen molar-refractivity contribution in [3.8, 4) is 0 Å². The zero-order valence-corrected chi connectivity index (χ0v) is 11.2. The van der Waals surface area contributed by atoms with Crippen molar-refractivity contribution >= 4 is 10.2 Å². The van der Waals surface area contributed by atoms with Gasteiger partial charge in [0.1, 0.15) is 0 Å². The largest absolute Gasteiger partial charge is 0.0926 e. The second-order valence-electron chi connectivity index (χ2n) is 3.63. The monoisotopic (exact) mass is 184 g/mol. The summed E-state index contributed by atoms with van der Waals surface area (Å²) in [4.78, 5) is 0. The predicted octanol–water partition coefficient (Wildman–Crippen LogP) is 3.01. The summed E-state index contributed by atoms with van der Waals surface area (Å²) in [5, 5.41) is 1.79. The highest BCUT2D eigenvalue weighted by Gasteiger charge is 1.99. The minimum Gasteiger partial charge on any atom is -0.0926 e. The number of rotatable bonds is 6. The molecule has 0 N–H and O–H groups in total. The summed E-state index contributed by atoms with van der Waals surface area (Å²) in [5.41, 5.74) is 1.79. The van der Waals surface area contributed by atoms with E-state index in [1.165, 1.54) is 48.8 Å². The fourth-order valence-corrected chi connectivity index (χ4v) is 2.71. The maximum atomic E-state index is 2.29. The van der Waals surface area contributed by atoms with Crippen LogP contribution in [0.1, 0.15) is 59.3 Å². The molecule has 0 radical (unpaired) electrons. The van der Waals surface area contributed by atoms with Gasteiger partial charge in [-0.05, 0) is 19.3 Å². The summed E-state index contributed by atoms with van der Waals surface area (Å²) in [6, 6.07) is 0. The van der Waals surface area contributed by atoms with E-state index in [4.69, 9.17) is 0 Å². The van der Waals surface area contributed by atoms with Crippen LogP contribution in [0.5, 0.6) is 0 Å². The van der Waals surface area contributed by atoms with Crippen LogP contribution in [0.2, 0.25) is 0 Å². The fourth-order valence-electron chi connectivity index (χ4n) is 1.71. The third-order valence-electron chi connectivity index (χ3n) is 2.33. The lowest BCUT2D eigenvalue weighted by Crippen LogP contribution is -1.92. The van der Waals surface area contributed by atoms with E-state index >= 15 is 0 Å². The van der Waals surface area contributed by atoms with Gasteiger partial charge in [0.15, 0.2) is 0 Å². The van der Waals surface area contributed by atoms with Gasteiger partial charge in [-0.1, -0.05) is 50.8 Å². The Balaban J connectivity index is 4.11. The molecule has 0 nitrogen and oxygen atoms in total. The summed E-state index contributed by atoms with van der Waals surface area (Å²) in [7, 11) is 1.29. The van der Waals surface area contributed by atoms with Crippen LogP contribution in [-0.2, 0) is 0 Å². The summed E-state index contributed by atoms with van der Waals surface area (Å²) < 4.78 is 0. The van der Waals surface area contributed by atoms with Crippen LogP contribution >= 0.6 is 0 Å². The van der Waals surface area contributed by atoms with Crippen molar-refractivity contribution in [1.82, 2.24) is 0 Å². The average molecular weight is 184 g/mol. The number of hydrogen-bond acceptors (Lipinski definition) is 0. The molecule has 12 heavy (non-hydrogen) atoms. The van der Waals surface area contributed by atoms with E-state index in [1.54, 1.807) is 10.8 Å². The molecule has 0 saturated carbocycles. The molecule has 0 heterocycles. The molecule has 0 atom stereocenters. The summed E-state index contributed by atoms with van der Waals surface area (Å²) in [6.45, 7) is 6.86. The van der Waals surface area contributed by atoms with E-state index in [0.29, 0.717) is 0 Å². The van der Waals surface area contributed by atoms with E-state index in [1.807, 2.05) is 0 Å². The molecule has 0 rings (SSSR count). The van der Waals surface area contributed by atoms with Gasteiger partial charge in [0.2, 0.25) is 0 Å². The second kappa shape index (κ2) is 7.60. The van der Waals surface area contributed by atoms with Gasteiger partial charge in [0.05, 0.1) is 0 Å². The molecule has 0 aromatic heterocycles. The van der Waals surface area contributed by atoms with Gasteiger partial charge >= 0.3 is 0 Å². The third-order valence-corrected chi connectivity index (χ3v) is 3.54. The molecule has 0 spiro atoms. The van der Waals surface area contributed by atoms with E-state index in [2.05, 4.69) is 20.8 Å². The van der Waals surface area contributed by atoms with Crippen molar-refractivity contribution in [2.45, 2.75) is 59.3 Å². The zero-order valence-electron chi connectivity index (χ0n) is 9.24. The first kappa shape index (κ1) is 12.0. The Labute approximate surface area is 80.9 Å². The maximum absolute atomic E-state index is 2.29. The van der Waals surface area contributed by atoms with Crippen molar-refractivity contribution in [3.63, 3.8) is 0 Å². The lowest BCUT2D eigenvalue weighted by molar-refractivity contribution is 0.782. The van der Waals surface area contributed by atoms with Crippen LogP contribution in [0, 0.1) is 0 Å². The molecule has 0 saturated heterocycles. The molecule has 1 heteroatoms. The van der Waals surface area contributed by atoms with E-state index in [0.717, 1.165) is 0 Å². The predicted molar refractivity (Wildman–Crippen MR) is 61.7 cm³/mol. The molecule has 0 aliphatic carbocycles. The van der Waals surface area contributed by atoms with Gasteiger partial charge in [-0.15, -0.1) is 0 Å². The first-order valence-corrected chi connectivity index (χ1v) is 6.43. The van der Waals surface area contributed by atoms with Gasteiger partial charge in [0.25, 0.3) is 0 Å². The standard InChI is InChI=1S/C11H24Si/c1-4-7-10(8-5-2)11(12)9-6-3/h4-9H2,1-3,12H3. The molecule has 0 aliphatic heterocycles. The van der Waals surface area contributed by atoms with Crippen LogP contribution in [0.4, 0.5) is 0 Å². The Morgan fingerprint density at radius 1 is 0.833 bits per heavy atom.